The molecule has 5 nitrogen and oxygen atoms in total. The normalized spacial score (nSPS) is 12.9. The molecule has 0 saturated carbocycles. The number of carbonyl (C=O) groups is 1. The predicted molar refractivity (Wildman–Crippen MR) is 153 cm³/mol. The minimum atomic E-state index is -0.547. The van der Waals surface area contributed by atoms with Crippen LogP contribution in [0.2, 0.25) is 0 Å². The van der Waals surface area contributed by atoms with E-state index in [0.717, 1.165) is 35.5 Å². The van der Waals surface area contributed by atoms with Crippen molar-refractivity contribution in [2.24, 2.45) is 5.41 Å². The Morgan fingerprint density at radius 3 is 2.19 bits per heavy atom. The van der Waals surface area contributed by atoms with Crippen molar-refractivity contribution in [1.29, 1.82) is 0 Å². The Bertz CT molecular complexity index is 1190. The van der Waals surface area contributed by atoms with Gasteiger partial charge in [-0.05, 0) is 73.6 Å². The number of aliphatic hydroxyl groups excluding tert-OH is 1. The highest BCUT2D eigenvalue weighted by atomic mass is 16.5. The van der Waals surface area contributed by atoms with Crippen LogP contribution in [0.15, 0.2) is 60.7 Å². The molecule has 3 rings (SSSR count). The van der Waals surface area contributed by atoms with Crippen molar-refractivity contribution < 1.29 is 14.6 Å². The van der Waals surface area contributed by atoms with E-state index < -0.39 is 6.10 Å². The fourth-order valence-corrected chi connectivity index (χ4v) is 5.05. The molecule has 0 aliphatic carbocycles. The summed E-state index contributed by atoms with van der Waals surface area (Å²) < 4.78 is 8.18. The van der Waals surface area contributed by atoms with Gasteiger partial charge in [-0.2, -0.15) is 0 Å². The Balaban J connectivity index is 1.97. The summed E-state index contributed by atoms with van der Waals surface area (Å²) in [5, 5.41) is 10.4. The second-order valence-electron chi connectivity index (χ2n) is 11.0. The van der Waals surface area contributed by atoms with Gasteiger partial charge in [-0.25, -0.2) is 0 Å². The Morgan fingerprint density at radius 1 is 1.00 bits per heavy atom. The highest BCUT2D eigenvalue weighted by molar-refractivity contribution is 6.04. The third kappa shape index (κ3) is 5.77. The summed E-state index contributed by atoms with van der Waals surface area (Å²) in [6, 6.07) is 20.2. The van der Waals surface area contributed by atoms with Gasteiger partial charge in [0.05, 0.1) is 6.10 Å². The monoisotopic (exact) mass is 504 g/mol. The molecule has 0 saturated heterocycles. The maximum Gasteiger partial charge on any atom is 0.274 e. The number of benzene rings is 2. The molecule has 0 fully saturated rings. The van der Waals surface area contributed by atoms with Crippen LogP contribution in [0.4, 0.5) is 5.69 Å². The summed E-state index contributed by atoms with van der Waals surface area (Å²) in [7, 11) is 1.83. The SMILES string of the molecule is CCn1c(C(=O)N(C)c2ccccc2)ccc1C(CC)(CC)c1ccc(OCC(O)C(C)(C)C)c(C)c1. The third-order valence-electron chi connectivity index (χ3n) is 7.79. The summed E-state index contributed by atoms with van der Waals surface area (Å²) in [4.78, 5) is 15.3. The zero-order chi connectivity index (χ0) is 27.4. The summed E-state index contributed by atoms with van der Waals surface area (Å²) in [6.45, 7) is 15.6. The van der Waals surface area contributed by atoms with Gasteiger partial charge >= 0.3 is 0 Å². The molecule has 37 heavy (non-hydrogen) atoms. The molecule has 2 aromatic carbocycles. The van der Waals surface area contributed by atoms with Crippen LogP contribution in [0.1, 0.15) is 81.7 Å². The summed E-state index contributed by atoms with van der Waals surface area (Å²) in [5.41, 5.74) is 4.50. The highest BCUT2D eigenvalue weighted by Crippen LogP contribution is 2.41. The number of aliphatic hydroxyl groups is 1. The average Bonchev–Trinajstić information content (AvgIpc) is 3.32. The number of anilines is 1. The number of para-hydroxylation sites is 1. The number of aryl methyl sites for hydroxylation is 1. The summed E-state index contributed by atoms with van der Waals surface area (Å²) in [5.74, 6) is 0.775. The van der Waals surface area contributed by atoms with Gasteiger partial charge in [0, 0.05) is 30.4 Å². The van der Waals surface area contributed by atoms with E-state index in [4.69, 9.17) is 4.74 Å². The smallest absolute Gasteiger partial charge is 0.274 e. The van der Waals surface area contributed by atoms with Gasteiger partial charge < -0.3 is 19.3 Å². The molecule has 200 valence electrons. The molecule has 0 bridgehead atoms. The van der Waals surface area contributed by atoms with E-state index in [1.807, 2.05) is 70.3 Å². The molecule has 1 heterocycles. The number of ether oxygens (including phenoxy) is 1. The third-order valence-corrected chi connectivity index (χ3v) is 7.79. The number of hydrogen-bond acceptors (Lipinski definition) is 3. The zero-order valence-corrected chi connectivity index (χ0v) is 23.8. The molecule has 1 atom stereocenters. The van der Waals surface area contributed by atoms with E-state index in [0.29, 0.717) is 12.2 Å². The number of aromatic nitrogens is 1. The highest BCUT2D eigenvalue weighted by Gasteiger charge is 2.35. The molecule has 5 heteroatoms. The molecule has 0 aliphatic heterocycles. The van der Waals surface area contributed by atoms with Crippen molar-refractivity contribution in [3.05, 3.63) is 83.2 Å². The fraction of sp³-hybridized carbons (Fsp3) is 0.469. The van der Waals surface area contributed by atoms with Crippen molar-refractivity contribution in [1.82, 2.24) is 4.57 Å². The van der Waals surface area contributed by atoms with Crippen LogP contribution in [0.3, 0.4) is 0 Å². The zero-order valence-electron chi connectivity index (χ0n) is 23.8. The first-order valence-corrected chi connectivity index (χ1v) is 13.4. The lowest BCUT2D eigenvalue weighted by Gasteiger charge is -2.35. The number of nitrogens with zero attached hydrogens (tertiary/aromatic N) is 2. The van der Waals surface area contributed by atoms with Crippen LogP contribution in [-0.4, -0.2) is 35.3 Å². The van der Waals surface area contributed by atoms with Gasteiger partial charge in [-0.3, -0.25) is 4.79 Å². The van der Waals surface area contributed by atoms with E-state index in [9.17, 15) is 9.90 Å². The van der Waals surface area contributed by atoms with E-state index in [1.165, 1.54) is 5.56 Å². The quantitative estimate of drug-likeness (QED) is 0.324. The van der Waals surface area contributed by atoms with Crippen molar-refractivity contribution in [2.75, 3.05) is 18.6 Å². The van der Waals surface area contributed by atoms with Gasteiger partial charge in [-0.1, -0.05) is 65.0 Å². The molecule has 1 N–H and O–H groups in total. The van der Waals surface area contributed by atoms with E-state index in [1.54, 1.807) is 4.90 Å². The fourth-order valence-electron chi connectivity index (χ4n) is 5.05. The molecule has 0 aliphatic rings. The average molecular weight is 505 g/mol. The first-order chi connectivity index (χ1) is 17.5. The van der Waals surface area contributed by atoms with Crippen molar-refractivity contribution in [3.8, 4) is 5.75 Å². The molecule has 3 aromatic rings. The second-order valence-corrected chi connectivity index (χ2v) is 11.0. The molecule has 1 aromatic heterocycles. The molecular formula is C32H44N2O3. The standard InChI is InChI=1S/C32H44N2O3/c1-9-32(10-2,24-17-19-27(23(4)21-24)37-22-29(35)31(5,6)7)28-20-18-26(34(28)11-3)30(36)33(8)25-15-13-12-14-16-25/h12-21,29,35H,9-11,22H2,1-8H3. The summed E-state index contributed by atoms with van der Waals surface area (Å²) >= 11 is 0. The molecule has 0 radical (unpaired) electrons. The Hall–Kier alpha value is -3.05. The lowest BCUT2D eigenvalue weighted by Crippen LogP contribution is -2.33. The Kier molecular flexibility index (Phi) is 8.91. The van der Waals surface area contributed by atoms with Crippen LogP contribution in [0.25, 0.3) is 0 Å². The van der Waals surface area contributed by atoms with Gasteiger partial charge in [0.15, 0.2) is 0 Å². The van der Waals surface area contributed by atoms with Crippen LogP contribution < -0.4 is 9.64 Å². The van der Waals surface area contributed by atoms with Crippen LogP contribution >= 0.6 is 0 Å². The largest absolute Gasteiger partial charge is 0.491 e. The minimum absolute atomic E-state index is 0.0160. The number of hydrogen-bond donors (Lipinski definition) is 1. The first-order valence-electron chi connectivity index (χ1n) is 13.4. The van der Waals surface area contributed by atoms with Gasteiger partial charge in [-0.15, -0.1) is 0 Å². The van der Waals surface area contributed by atoms with E-state index in [2.05, 4.69) is 50.5 Å². The van der Waals surface area contributed by atoms with Crippen molar-refractivity contribution >= 4 is 11.6 Å². The lowest BCUT2D eigenvalue weighted by atomic mass is 9.72. The van der Waals surface area contributed by atoms with Crippen LogP contribution in [-0.2, 0) is 12.0 Å². The second kappa shape index (κ2) is 11.6. The minimum Gasteiger partial charge on any atom is -0.491 e. The predicted octanol–water partition coefficient (Wildman–Crippen LogP) is 6.98. The van der Waals surface area contributed by atoms with E-state index in [-0.39, 0.29) is 23.3 Å². The number of carbonyl (C=O) groups excluding carboxylic acids is 1. The Morgan fingerprint density at radius 2 is 1.65 bits per heavy atom. The molecule has 1 unspecified atom stereocenters. The summed E-state index contributed by atoms with van der Waals surface area (Å²) in [6.07, 6.45) is 1.26. The lowest BCUT2D eigenvalue weighted by molar-refractivity contribution is 0.0216. The van der Waals surface area contributed by atoms with Crippen LogP contribution in [0, 0.1) is 12.3 Å². The number of amides is 1. The van der Waals surface area contributed by atoms with Gasteiger partial charge in [0.1, 0.15) is 18.1 Å². The molecule has 1 amide bonds. The molecule has 0 spiro atoms. The maximum atomic E-state index is 13.5. The maximum absolute atomic E-state index is 13.5. The van der Waals surface area contributed by atoms with Crippen LogP contribution in [0.5, 0.6) is 5.75 Å². The van der Waals surface area contributed by atoms with Gasteiger partial charge in [0.25, 0.3) is 5.91 Å². The molecular weight excluding hydrogens is 460 g/mol. The van der Waals surface area contributed by atoms with Crippen molar-refractivity contribution in [2.45, 2.75) is 79.4 Å². The topological polar surface area (TPSA) is 54.7 Å². The van der Waals surface area contributed by atoms with Crippen molar-refractivity contribution in [3.63, 3.8) is 0 Å². The Labute approximate surface area is 223 Å². The first kappa shape index (κ1) is 28.5. The van der Waals surface area contributed by atoms with Gasteiger partial charge in [0.2, 0.25) is 0 Å². The number of rotatable bonds is 10. The van der Waals surface area contributed by atoms with E-state index >= 15 is 0 Å².